The van der Waals surface area contributed by atoms with E-state index in [2.05, 4.69) is 11.4 Å². The van der Waals surface area contributed by atoms with Crippen LogP contribution in [0.1, 0.15) is 20.8 Å². The van der Waals surface area contributed by atoms with E-state index in [0.717, 1.165) is 0 Å². The van der Waals surface area contributed by atoms with Gasteiger partial charge in [0.2, 0.25) is 0 Å². The predicted molar refractivity (Wildman–Crippen MR) is 42.0 cm³/mol. The zero-order valence-electron chi connectivity index (χ0n) is 6.89. The monoisotopic (exact) mass is 153 g/mol. The SMILES string of the molecule is C#CC(=C=O)NOC(C)(C)C. The first kappa shape index (κ1) is 9.77. The molecule has 0 unspecified atom stereocenters. The molecule has 3 nitrogen and oxygen atoms in total. The first-order chi connectivity index (χ1) is 4.99. The molecule has 3 heteroatoms. The highest BCUT2D eigenvalue weighted by molar-refractivity contribution is 5.58. The van der Waals surface area contributed by atoms with Gasteiger partial charge in [0.15, 0.2) is 11.6 Å². The molecule has 0 spiro atoms. The number of hydrogen-bond donors (Lipinski definition) is 1. The van der Waals surface area contributed by atoms with Gasteiger partial charge in [0.1, 0.15) is 0 Å². The van der Waals surface area contributed by atoms with E-state index < -0.39 is 0 Å². The molecule has 0 fully saturated rings. The van der Waals surface area contributed by atoms with Gasteiger partial charge in [-0.25, -0.2) is 10.3 Å². The number of carbonyl (C=O) groups excluding carboxylic acids is 1. The van der Waals surface area contributed by atoms with Crippen molar-refractivity contribution < 1.29 is 9.63 Å². The van der Waals surface area contributed by atoms with E-state index in [0.29, 0.717) is 0 Å². The predicted octanol–water partition coefficient (Wildman–Crippen LogP) is 0.655. The van der Waals surface area contributed by atoms with Gasteiger partial charge in [0.25, 0.3) is 0 Å². The molecule has 1 N–H and O–H groups in total. The lowest BCUT2D eigenvalue weighted by Gasteiger charge is -2.18. The number of hydroxylamine groups is 1. The van der Waals surface area contributed by atoms with Crippen LogP contribution in [0.15, 0.2) is 5.70 Å². The quantitative estimate of drug-likeness (QED) is 0.359. The molecule has 0 aromatic carbocycles. The third kappa shape index (κ3) is 5.23. The third-order valence-electron chi connectivity index (χ3n) is 0.706. The van der Waals surface area contributed by atoms with Gasteiger partial charge in [0, 0.05) is 0 Å². The van der Waals surface area contributed by atoms with Crippen LogP contribution in [0, 0.1) is 12.3 Å². The minimum absolute atomic E-state index is 0.0278. The first-order valence-corrected chi connectivity index (χ1v) is 3.15. The second kappa shape index (κ2) is 3.82. The van der Waals surface area contributed by atoms with Crippen molar-refractivity contribution in [1.29, 1.82) is 0 Å². The summed E-state index contributed by atoms with van der Waals surface area (Å²) in [6, 6.07) is 0. The zero-order valence-corrected chi connectivity index (χ0v) is 6.89. The van der Waals surface area contributed by atoms with E-state index in [4.69, 9.17) is 11.3 Å². The summed E-state index contributed by atoms with van der Waals surface area (Å²) in [6.45, 7) is 5.50. The number of hydrogen-bond acceptors (Lipinski definition) is 3. The average molecular weight is 153 g/mol. The normalized spacial score (nSPS) is 9.64. The Labute approximate surface area is 66.4 Å². The van der Waals surface area contributed by atoms with E-state index in [1.807, 2.05) is 20.8 Å². The standard InChI is InChI=1S/C8H11NO2/c1-5-7(6-10)9-11-8(2,3)4/h1,9H,2-4H3. The molecule has 60 valence electrons. The Bertz CT molecular complexity index is 213. The second-order valence-electron chi connectivity index (χ2n) is 2.94. The fourth-order valence-electron chi connectivity index (χ4n) is 0.284. The fourth-order valence-corrected chi connectivity index (χ4v) is 0.284. The fraction of sp³-hybridized carbons (Fsp3) is 0.500. The summed E-state index contributed by atoms with van der Waals surface area (Å²) >= 11 is 0. The number of terminal acetylenes is 1. The summed E-state index contributed by atoms with van der Waals surface area (Å²) in [5, 5.41) is 0. The molecule has 0 aromatic rings. The van der Waals surface area contributed by atoms with E-state index in [-0.39, 0.29) is 11.3 Å². The van der Waals surface area contributed by atoms with E-state index in [1.165, 1.54) is 5.94 Å². The number of allylic oxidation sites excluding steroid dienone is 1. The molecule has 11 heavy (non-hydrogen) atoms. The van der Waals surface area contributed by atoms with Crippen molar-refractivity contribution in [2.75, 3.05) is 0 Å². The summed E-state index contributed by atoms with van der Waals surface area (Å²) in [5.41, 5.74) is 1.91. The van der Waals surface area contributed by atoms with Gasteiger partial charge >= 0.3 is 0 Å². The third-order valence-corrected chi connectivity index (χ3v) is 0.706. The summed E-state index contributed by atoms with van der Waals surface area (Å²) in [7, 11) is 0. The minimum atomic E-state index is -0.376. The van der Waals surface area contributed by atoms with Gasteiger partial charge in [-0.05, 0) is 26.7 Å². The zero-order chi connectivity index (χ0) is 8.91. The highest BCUT2D eigenvalue weighted by atomic mass is 16.7. The number of nitrogens with one attached hydrogen (secondary N) is 1. The molecular formula is C8H11NO2. The van der Waals surface area contributed by atoms with Gasteiger partial charge in [-0.1, -0.05) is 0 Å². The maximum Gasteiger partial charge on any atom is 0.194 e. The molecule has 0 rings (SSSR count). The topological polar surface area (TPSA) is 38.3 Å². The molecule has 0 radical (unpaired) electrons. The van der Waals surface area contributed by atoms with Gasteiger partial charge in [0.05, 0.1) is 5.60 Å². The molecule has 0 atom stereocenters. The lowest BCUT2D eigenvalue weighted by atomic mass is 10.2. The molecule has 0 saturated heterocycles. The van der Waals surface area contributed by atoms with Crippen LogP contribution in [0.2, 0.25) is 0 Å². The second-order valence-corrected chi connectivity index (χ2v) is 2.94. The lowest BCUT2D eigenvalue weighted by molar-refractivity contribution is -0.0550. The van der Waals surface area contributed by atoms with Crippen molar-refractivity contribution in [3.8, 4) is 12.3 Å². The number of rotatable bonds is 2. The van der Waals surface area contributed by atoms with Crippen LogP contribution in [0.3, 0.4) is 0 Å². The van der Waals surface area contributed by atoms with E-state index in [9.17, 15) is 4.79 Å². The summed E-state index contributed by atoms with van der Waals surface area (Å²) < 4.78 is 0. The van der Waals surface area contributed by atoms with Crippen LogP contribution in [0.4, 0.5) is 0 Å². The molecule has 0 saturated carbocycles. The lowest BCUT2D eigenvalue weighted by Crippen LogP contribution is -2.28. The molecule has 0 aliphatic rings. The molecule has 0 heterocycles. The van der Waals surface area contributed by atoms with Gasteiger partial charge in [-0.3, -0.25) is 4.84 Å². The van der Waals surface area contributed by atoms with Crippen molar-refractivity contribution in [3.05, 3.63) is 5.70 Å². The van der Waals surface area contributed by atoms with Crippen LogP contribution in [-0.4, -0.2) is 11.5 Å². The maximum atomic E-state index is 10.0. The van der Waals surface area contributed by atoms with Crippen LogP contribution in [0.25, 0.3) is 0 Å². The molecule has 0 aromatic heterocycles. The van der Waals surface area contributed by atoms with Crippen LogP contribution >= 0.6 is 0 Å². The Hall–Kier alpha value is -1.23. The molecule has 0 aliphatic carbocycles. The minimum Gasteiger partial charge on any atom is -0.269 e. The Kier molecular flexibility index (Phi) is 3.39. The van der Waals surface area contributed by atoms with Gasteiger partial charge < -0.3 is 0 Å². The van der Waals surface area contributed by atoms with Crippen molar-refractivity contribution in [2.24, 2.45) is 0 Å². The van der Waals surface area contributed by atoms with Crippen LogP contribution < -0.4 is 5.48 Å². The van der Waals surface area contributed by atoms with Crippen molar-refractivity contribution >= 4 is 5.94 Å². The smallest absolute Gasteiger partial charge is 0.194 e. The Balaban J connectivity index is 3.92. The van der Waals surface area contributed by atoms with Gasteiger partial charge in [-0.15, -0.1) is 6.42 Å². The molecule has 0 bridgehead atoms. The van der Waals surface area contributed by atoms with E-state index in [1.54, 1.807) is 0 Å². The Morgan fingerprint density at radius 2 is 2.09 bits per heavy atom. The van der Waals surface area contributed by atoms with Crippen molar-refractivity contribution in [1.82, 2.24) is 5.48 Å². The van der Waals surface area contributed by atoms with Gasteiger partial charge in [-0.2, -0.15) is 0 Å². The van der Waals surface area contributed by atoms with Crippen molar-refractivity contribution in [2.45, 2.75) is 26.4 Å². The Morgan fingerprint density at radius 1 is 1.55 bits per heavy atom. The largest absolute Gasteiger partial charge is 0.269 e. The average Bonchev–Trinajstić information content (AvgIpc) is 1.88. The highest BCUT2D eigenvalue weighted by Crippen LogP contribution is 2.03. The van der Waals surface area contributed by atoms with Crippen LogP contribution in [-0.2, 0) is 9.63 Å². The highest BCUT2D eigenvalue weighted by Gasteiger charge is 2.10. The maximum absolute atomic E-state index is 10.0. The van der Waals surface area contributed by atoms with Crippen LogP contribution in [0.5, 0.6) is 0 Å². The summed E-state index contributed by atoms with van der Waals surface area (Å²) in [4.78, 5) is 15.0. The molecule has 0 amide bonds. The summed E-state index contributed by atoms with van der Waals surface area (Å²) in [5.74, 6) is 3.60. The Morgan fingerprint density at radius 3 is 2.36 bits per heavy atom. The molecular weight excluding hydrogens is 142 g/mol. The van der Waals surface area contributed by atoms with Crippen molar-refractivity contribution in [3.63, 3.8) is 0 Å². The summed E-state index contributed by atoms with van der Waals surface area (Å²) in [6.07, 6.45) is 4.92. The van der Waals surface area contributed by atoms with E-state index >= 15 is 0 Å². The molecule has 0 aliphatic heterocycles. The first-order valence-electron chi connectivity index (χ1n) is 3.15.